The largest absolute Gasteiger partial charge is 0.341 e. The van der Waals surface area contributed by atoms with Crippen LogP contribution in [-0.2, 0) is 0 Å². The summed E-state index contributed by atoms with van der Waals surface area (Å²) in [4.78, 5) is 16.9. The molecule has 3 aromatic heterocycles. The lowest BCUT2D eigenvalue weighted by Crippen LogP contribution is -2.42. The second kappa shape index (κ2) is 7.55. The van der Waals surface area contributed by atoms with Crippen LogP contribution in [0.2, 0.25) is 0 Å². The Balaban J connectivity index is 1.48. The van der Waals surface area contributed by atoms with Gasteiger partial charge in [-0.3, -0.25) is 9.13 Å². The molecule has 1 aliphatic heterocycles. The Bertz CT molecular complexity index is 1250. The van der Waals surface area contributed by atoms with Crippen LogP contribution in [0.15, 0.2) is 49.1 Å². The number of aryl methyl sites for hydroxylation is 1. The molecule has 0 amide bonds. The number of fused-ring (bicyclic) bond motifs is 3. The number of rotatable bonds is 4. The first kappa shape index (κ1) is 19.2. The molecule has 1 aliphatic carbocycles. The summed E-state index contributed by atoms with van der Waals surface area (Å²) in [5.74, 6) is 3.47. The summed E-state index contributed by atoms with van der Waals surface area (Å²) in [6.45, 7) is 4.21. The monoisotopic (exact) mass is 426 g/mol. The fourth-order valence-corrected chi connectivity index (χ4v) is 5.17. The van der Waals surface area contributed by atoms with Crippen LogP contribution < -0.4 is 4.90 Å². The molecule has 32 heavy (non-hydrogen) atoms. The van der Waals surface area contributed by atoms with E-state index in [4.69, 9.17) is 9.97 Å². The van der Waals surface area contributed by atoms with Gasteiger partial charge in [-0.1, -0.05) is 50.1 Å². The zero-order valence-electron chi connectivity index (χ0n) is 18.4. The van der Waals surface area contributed by atoms with Gasteiger partial charge in [-0.15, -0.1) is 10.2 Å². The molecule has 4 aromatic rings. The third kappa shape index (κ3) is 2.93. The number of hydrogen-bond acceptors (Lipinski definition) is 6. The third-order valence-corrected chi connectivity index (χ3v) is 6.69. The van der Waals surface area contributed by atoms with E-state index < -0.39 is 0 Å². The molecule has 1 saturated carbocycles. The highest BCUT2D eigenvalue weighted by Gasteiger charge is 2.39. The van der Waals surface area contributed by atoms with Crippen LogP contribution >= 0.6 is 0 Å². The van der Waals surface area contributed by atoms with E-state index in [1.165, 1.54) is 25.7 Å². The SMILES string of the molecule is CCC1c2nnc(C)n2-c2cnc(-n3cnc(-c4ccccc4)c3)nc2N1C1CCCC1. The first-order valence-electron chi connectivity index (χ1n) is 11.4. The molecule has 0 radical (unpaired) electrons. The van der Waals surface area contributed by atoms with Crippen molar-refractivity contribution in [1.29, 1.82) is 0 Å². The molecular formula is C24H26N8. The number of benzene rings is 1. The van der Waals surface area contributed by atoms with E-state index in [0.717, 1.165) is 40.8 Å². The minimum Gasteiger partial charge on any atom is -0.341 e. The maximum Gasteiger partial charge on any atom is 0.237 e. The molecule has 0 N–H and O–H groups in total. The fourth-order valence-electron chi connectivity index (χ4n) is 5.17. The summed E-state index contributed by atoms with van der Waals surface area (Å²) in [7, 11) is 0. The van der Waals surface area contributed by atoms with Gasteiger partial charge in [-0.25, -0.2) is 9.97 Å². The lowest BCUT2D eigenvalue weighted by atomic mass is 10.0. The van der Waals surface area contributed by atoms with Crippen LogP contribution in [0.25, 0.3) is 22.9 Å². The van der Waals surface area contributed by atoms with Gasteiger partial charge >= 0.3 is 0 Å². The van der Waals surface area contributed by atoms with Gasteiger partial charge in [-0.05, 0) is 26.2 Å². The molecule has 8 nitrogen and oxygen atoms in total. The van der Waals surface area contributed by atoms with Crippen LogP contribution in [0, 0.1) is 6.92 Å². The van der Waals surface area contributed by atoms with Gasteiger partial charge in [0.1, 0.15) is 17.8 Å². The van der Waals surface area contributed by atoms with Crippen molar-refractivity contribution in [3.05, 3.63) is 60.7 Å². The molecule has 0 saturated heterocycles. The summed E-state index contributed by atoms with van der Waals surface area (Å²) in [5.41, 5.74) is 2.95. The lowest BCUT2D eigenvalue weighted by molar-refractivity contribution is 0.467. The molecule has 1 fully saturated rings. The second-order valence-electron chi connectivity index (χ2n) is 8.62. The van der Waals surface area contributed by atoms with Crippen molar-refractivity contribution in [2.24, 2.45) is 0 Å². The Morgan fingerprint density at radius 3 is 2.62 bits per heavy atom. The fraction of sp³-hybridized carbons (Fsp3) is 0.375. The predicted molar refractivity (Wildman–Crippen MR) is 122 cm³/mol. The van der Waals surface area contributed by atoms with Gasteiger partial charge in [0.15, 0.2) is 11.6 Å². The summed E-state index contributed by atoms with van der Waals surface area (Å²) in [6.07, 6.45) is 11.5. The highest BCUT2D eigenvalue weighted by Crippen LogP contribution is 2.43. The minimum atomic E-state index is 0.164. The van der Waals surface area contributed by atoms with Crippen molar-refractivity contribution in [1.82, 2.24) is 34.3 Å². The van der Waals surface area contributed by atoms with Gasteiger partial charge in [0.05, 0.1) is 17.9 Å². The number of aromatic nitrogens is 7. The molecule has 8 heteroatoms. The molecule has 0 spiro atoms. The van der Waals surface area contributed by atoms with Crippen molar-refractivity contribution in [2.45, 2.75) is 58.0 Å². The topological polar surface area (TPSA) is 77.5 Å². The van der Waals surface area contributed by atoms with Crippen molar-refractivity contribution < 1.29 is 0 Å². The Kier molecular flexibility index (Phi) is 4.52. The number of nitrogens with zero attached hydrogens (tertiary/aromatic N) is 8. The average Bonchev–Trinajstić information content (AvgIpc) is 3.60. The Morgan fingerprint density at radius 1 is 1.03 bits per heavy atom. The van der Waals surface area contributed by atoms with Gasteiger partial charge in [-0.2, -0.15) is 4.98 Å². The van der Waals surface area contributed by atoms with Gasteiger partial charge in [0.25, 0.3) is 0 Å². The number of hydrogen-bond donors (Lipinski definition) is 0. The summed E-state index contributed by atoms with van der Waals surface area (Å²) >= 11 is 0. The first-order valence-corrected chi connectivity index (χ1v) is 11.4. The van der Waals surface area contributed by atoms with E-state index in [0.29, 0.717) is 12.0 Å². The Morgan fingerprint density at radius 2 is 1.84 bits per heavy atom. The van der Waals surface area contributed by atoms with E-state index >= 15 is 0 Å². The second-order valence-corrected chi connectivity index (χ2v) is 8.62. The quantitative estimate of drug-likeness (QED) is 0.480. The summed E-state index contributed by atoms with van der Waals surface area (Å²) < 4.78 is 4.03. The standard InChI is InChI=1S/C24H26N8/c1-3-20-23-29-28-16(2)31(23)21-13-25-24(27-22(21)32(20)18-11-7-8-12-18)30-14-19(26-15-30)17-9-5-4-6-10-17/h4-6,9-10,13-15,18,20H,3,7-8,11-12H2,1-2H3. The molecule has 0 bridgehead atoms. The summed E-state index contributed by atoms with van der Waals surface area (Å²) in [5, 5.41) is 8.94. The molecule has 1 atom stereocenters. The van der Waals surface area contributed by atoms with Crippen molar-refractivity contribution in [3.8, 4) is 22.9 Å². The molecule has 162 valence electrons. The Hall–Kier alpha value is -3.55. The molecule has 2 aliphatic rings. The molecular weight excluding hydrogens is 400 g/mol. The van der Waals surface area contributed by atoms with Crippen LogP contribution in [0.4, 0.5) is 5.82 Å². The smallest absolute Gasteiger partial charge is 0.237 e. The van der Waals surface area contributed by atoms with E-state index in [1.807, 2.05) is 42.1 Å². The highest BCUT2D eigenvalue weighted by atomic mass is 15.4. The summed E-state index contributed by atoms with van der Waals surface area (Å²) in [6, 6.07) is 10.8. The zero-order valence-corrected chi connectivity index (χ0v) is 18.4. The van der Waals surface area contributed by atoms with Gasteiger partial charge in [0, 0.05) is 17.8 Å². The van der Waals surface area contributed by atoms with Crippen LogP contribution in [0.5, 0.6) is 0 Å². The number of imidazole rings is 1. The van der Waals surface area contributed by atoms with E-state index in [2.05, 4.69) is 43.7 Å². The average molecular weight is 427 g/mol. The van der Waals surface area contributed by atoms with Crippen LogP contribution in [0.3, 0.4) is 0 Å². The molecule has 6 rings (SSSR count). The molecule has 4 heterocycles. The minimum absolute atomic E-state index is 0.164. The van der Waals surface area contributed by atoms with Crippen LogP contribution in [0.1, 0.15) is 56.7 Å². The van der Waals surface area contributed by atoms with E-state index in [9.17, 15) is 0 Å². The van der Waals surface area contributed by atoms with Gasteiger partial charge in [0.2, 0.25) is 5.95 Å². The zero-order chi connectivity index (χ0) is 21.7. The lowest BCUT2D eigenvalue weighted by Gasteiger charge is -2.41. The first-order chi connectivity index (χ1) is 15.7. The van der Waals surface area contributed by atoms with Crippen molar-refractivity contribution in [3.63, 3.8) is 0 Å². The van der Waals surface area contributed by atoms with E-state index in [1.54, 1.807) is 6.33 Å². The van der Waals surface area contributed by atoms with Gasteiger partial charge < -0.3 is 4.90 Å². The highest BCUT2D eigenvalue weighted by molar-refractivity contribution is 5.64. The van der Waals surface area contributed by atoms with Crippen molar-refractivity contribution in [2.75, 3.05) is 4.90 Å². The van der Waals surface area contributed by atoms with E-state index in [-0.39, 0.29) is 6.04 Å². The number of anilines is 1. The maximum atomic E-state index is 5.10. The Labute approximate surface area is 187 Å². The third-order valence-electron chi connectivity index (χ3n) is 6.69. The molecule has 1 aromatic carbocycles. The van der Waals surface area contributed by atoms with Crippen LogP contribution in [-0.4, -0.2) is 40.3 Å². The normalized spacial score (nSPS) is 18.1. The van der Waals surface area contributed by atoms with Crippen molar-refractivity contribution >= 4 is 5.82 Å². The predicted octanol–water partition coefficient (Wildman–Crippen LogP) is 4.43. The molecule has 1 unspecified atom stereocenters. The maximum absolute atomic E-state index is 5.10.